The molecule has 21 heavy (non-hydrogen) atoms. The van der Waals surface area contributed by atoms with Crippen molar-refractivity contribution in [2.75, 3.05) is 0 Å². The Morgan fingerprint density at radius 3 is 2.57 bits per heavy atom. The molecule has 0 spiro atoms. The predicted octanol–water partition coefficient (Wildman–Crippen LogP) is 4.10. The Labute approximate surface area is 122 Å². The van der Waals surface area contributed by atoms with Crippen LogP contribution in [-0.4, -0.2) is 14.5 Å². The number of hydrogen-bond donors (Lipinski definition) is 0. The average Bonchev–Trinajstić information content (AvgIpc) is 2.81. The first-order valence-electron chi connectivity index (χ1n) is 6.99. The lowest BCUT2D eigenvalue weighted by atomic mass is 10.0. The molecule has 0 bridgehead atoms. The number of nitrogens with zero attached hydrogens (tertiary/aromatic N) is 3. The third-order valence-corrected chi connectivity index (χ3v) is 4.04. The number of aryl methyl sites for hydroxylation is 2. The maximum Gasteiger partial charge on any atom is 0.0519 e. The lowest BCUT2D eigenvalue weighted by Gasteiger charge is -2.04. The fourth-order valence-corrected chi connectivity index (χ4v) is 2.96. The van der Waals surface area contributed by atoms with Gasteiger partial charge in [0.2, 0.25) is 0 Å². The molecule has 3 aromatic heterocycles. The van der Waals surface area contributed by atoms with Crippen LogP contribution in [0.2, 0.25) is 0 Å². The first kappa shape index (κ1) is 12.1. The standard InChI is InChI=1S/C18H15N3/c1-12-9-14(5-8-20-12)13-3-4-15-16-11-19-7-6-17(16)21(2)18(15)10-13/h3-11H,1-2H3. The van der Waals surface area contributed by atoms with Gasteiger partial charge in [0.05, 0.1) is 5.52 Å². The monoisotopic (exact) mass is 273 g/mol. The lowest BCUT2D eigenvalue weighted by molar-refractivity contribution is 1.01. The van der Waals surface area contributed by atoms with Crippen molar-refractivity contribution in [1.82, 2.24) is 14.5 Å². The first-order chi connectivity index (χ1) is 10.2. The van der Waals surface area contributed by atoms with E-state index in [0.717, 1.165) is 5.69 Å². The van der Waals surface area contributed by atoms with Crippen LogP contribution in [0.15, 0.2) is 55.0 Å². The summed E-state index contributed by atoms with van der Waals surface area (Å²) in [5, 5.41) is 2.45. The van der Waals surface area contributed by atoms with Crippen LogP contribution in [0.3, 0.4) is 0 Å². The topological polar surface area (TPSA) is 30.7 Å². The van der Waals surface area contributed by atoms with Crippen LogP contribution in [0.25, 0.3) is 32.9 Å². The molecule has 0 aliphatic heterocycles. The summed E-state index contributed by atoms with van der Waals surface area (Å²) in [5.74, 6) is 0. The van der Waals surface area contributed by atoms with E-state index in [2.05, 4.69) is 58.0 Å². The molecule has 0 atom stereocenters. The van der Waals surface area contributed by atoms with Gasteiger partial charge in [-0.05, 0) is 42.3 Å². The SMILES string of the molecule is Cc1cc(-c2ccc3c4cnccc4n(C)c3c2)ccn1. The molecule has 0 radical (unpaired) electrons. The molecule has 3 heterocycles. The minimum absolute atomic E-state index is 1.04. The number of hydrogen-bond acceptors (Lipinski definition) is 2. The van der Waals surface area contributed by atoms with Crippen LogP contribution in [-0.2, 0) is 7.05 Å². The van der Waals surface area contributed by atoms with Gasteiger partial charge in [0.1, 0.15) is 0 Å². The molecule has 0 N–H and O–H groups in total. The van der Waals surface area contributed by atoms with E-state index in [1.165, 1.54) is 32.9 Å². The highest BCUT2D eigenvalue weighted by molar-refractivity contribution is 6.08. The van der Waals surface area contributed by atoms with Crippen LogP contribution in [0.5, 0.6) is 0 Å². The van der Waals surface area contributed by atoms with Crippen LogP contribution in [0, 0.1) is 6.92 Å². The van der Waals surface area contributed by atoms with E-state index in [-0.39, 0.29) is 0 Å². The Morgan fingerprint density at radius 1 is 0.857 bits per heavy atom. The van der Waals surface area contributed by atoms with E-state index in [9.17, 15) is 0 Å². The smallest absolute Gasteiger partial charge is 0.0519 e. The molecule has 3 heteroatoms. The fraction of sp³-hybridized carbons (Fsp3) is 0.111. The molecule has 0 aliphatic rings. The molecular weight excluding hydrogens is 258 g/mol. The molecule has 0 aliphatic carbocycles. The van der Waals surface area contributed by atoms with Crippen molar-refractivity contribution in [3.05, 3.63) is 60.7 Å². The molecule has 0 amide bonds. The predicted molar refractivity (Wildman–Crippen MR) is 86.2 cm³/mol. The Hall–Kier alpha value is -2.68. The highest BCUT2D eigenvalue weighted by Crippen LogP contribution is 2.31. The highest BCUT2D eigenvalue weighted by Gasteiger charge is 2.09. The summed E-state index contributed by atoms with van der Waals surface area (Å²) < 4.78 is 2.23. The molecule has 3 nitrogen and oxygen atoms in total. The van der Waals surface area contributed by atoms with Crippen LogP contribution in [0.4, 0.5) is 0 Å². The van der Waals surface area contributed by atoms with E-state index in [0.29, 0.717) is 0 Å². The van der Waals surface area contributed by atoms with Crippen LogP contribution in [0.1, 0.15) is 5.69 Å². The number of rotatable bonds is 1. The van der Waals surface area contributed by atoms with Crippen molar-refractivity contribution in [1.29, 1.82) is 0 Å². The van der Waals surface area contributed by atoms with Crippen molar-refractivity contribution in [2.24, 2.45) is 7.05 Å². The summed E-state index contributed by atoms with van der Waals surface area (Å²) in [6.07, 6.45) is 5.64. The van der Waals surface area contributed by atoms with E-state index in [1.54, 1.807) is 0 Å². The third-order valence-electron chi connectivity index (χ3n) is 4.04. The van der Waals surface area contributed by atoms with Gasteiger partial charge in [-0.2, -0.15) is 0 Å². The number of aromatic nitrogens is 3. The Balaban J connectivity index is 2.02. The largest absolute Gasteiger partial charge is 0.343 e. The summed E-state index contributed by atoms with van der Waals surface area (Å²) in [5.41, 5.74) is 5.89. The van der Waals surface area contributed by atoms with Crippen LogP contribution < -0.4 is 0 Å². The Bertz CT molecular complexity index is 967. The van der Waals surface area contributed by atoms with Gasteiger partial charge in [-0.3, -0.25) is 9.97 Å². The van der Waals surface area contributed by atoms with E-state index in [1.807, 2.05) is 25.5 Å². The molecular formula is C18H15N3. The van der Waals surface area contributed by atoms with Gasteiger partial charge in [-0.25, -0.2) is 0 Å². The molecule has 4 aromatic rings. The quantitative estimate of drug-likeness (QED) is 0.523. The van der Waals surface area contributed by atoms with Gasteiger partial charge in [0, 0.05) is 47.6 Å². The lowest BCUT2D eigenvalue weighted by Crippen LogP contribution is -1.88. The first-order valence-corrected chi connectivity index (χ1v) is 6.99. The van der Waals surface area contributed by atoms with Gasteiger partial charge in [0.15, 0.2) is 0 Å². The van der Waals surface area contributed by atoms with E-state index >= 15 is 0 Å². The fourth-order valence-electron chi connectivity index (χ4n) is 2.96. The molecule has 1 aromatic carbocycles. The highest BCUT2D eigenvalue weighted by atomic mass is 14.9. The maximum atomic E-state index is 4.27. The van der Waals surface area contributed by atoms with Gasteiger partial charge >= 0.3 is 0 Å². The molecule has 0 saturated carbocycles. The maximum absolute atomic E-state index is 4.27. The molecule has 4 rings (SSSR count). The van der Waals surface area contributed by atoms with Crippen molar-refractivity contribution in [2.45, 2.75) is 6.92 Å². The van der Waals surface area contributed by atoms with E-state index in [4.69, 9.17) is 0 Å². The summed E-state index contributed by atoms with van der Waals surface area (Å²) in [6.45, 7) is 2.02. The Kier molecular flexibility index (Phi) is 2.54. The van der Waals surface area contributed by atoms with Crippen LogP contribution >= 0.6 is 0 Å². The third kappa shape index (κ3) is 1.82. The van der Waals surface area contributed by atoms with Crippen molar-refractivity contribution >= 4 is 21.8 Å². The Morgan fingerprint density at radius 2 is 1.71 bits per heavy atom. The van der Waals surface area contributed by atoms with Crippen molar-refractivity contribution in [3.8, 4) is 11.1 Å². The van der Waals surface area contributed by atoms with Gasteiger partial charge in [-0.15, -0.1) is 0 Å². The summed E-state index contributed by atoms with van der Waals surface area (Å²) in [7, 11) is 2.10. The second-order valence-corrected chi connectivity index (χ2v) is 5.37. The summed E-state index contributed by atoms with van der Waals surface area (Å²) >= 11 is 0. The summed E-state index contributed by atoms with van der Waals surface area (Å²) in [4.78, 5) is 8.51. The normalized spacial score (nSPS) is 11.3. The zero-order valence-corrected chi connectivity index (χ0v) is 12.0. The molecule has 0 saturated heterocycles. The van der Waals surface area contributed by atoms with Crippen molar-refractivity contribution in [3.63, 3.8) is 0 Å². The zero-order valence-electron chi connectivity index (χ0n) is 12.0. The van der Waals surface area contributed by atoms with Gasteiger partial charge in [0.25, 0.3) is 0 Å². The number of benzene rings is 1. The molecule has 0 fully saturated rings. The minimum atomic E-state index is 1.04. The summed E-state index contributed by atoms with van der Waals surface area (Å²) in [6, 6.07) is 12.8. The number of fused-ring (bicyclic) bond motifs is 3. The number of pyridine rings is 2. The average molecular weight is 273 g/mol. The molecule has 0 unspecified atom stereocenters. The second-order valence-electron chi connectivity index (χ2n) is 5.37. The molecule has 102 valence electrons. The van der Waals surface area contributed by atoms with Gasteiger partial charge < -0.3 is 4.57 Å². The van der Waals surface area contributed by atoms with Gasteiger partial charge in [-0.1, -0.05) is 12.1 Å². The second kappa shape index (κ2) is 4.42. The van der Waals surface area contributed by atoms with Crippen molar-refractivity contribution < 1.29 is 0 Å². The zero-order chi connectivity index (χ0) is 14.4. The minimum Gasteiger partial charge on any atom is -0.343 e. The van der Waals surface area contributed by atoms with E-state index < -0.39 is 0 Å².